The van der Waals surface area contributed by atoms with Gasteiger partial charge in [-0.25, -0.2) is 0 Å². The van der Waals surface area contributed by atoms with Gasteiger partial charge >= 0.3 is 17.9 Å². The van der Waals surface area contributed by atoms with Crippen LogP contribution in [0.4, 0.5) is 0 Å². The summed E-state index contributed by atoms with van der Waals surface area (Å²) in [5.74, 6) is -2.59. The van der Waals surface area contributed by atoms with Crippen LogP contribution in [0.1, 0.15) is 88.0 Å². The number of nitrogens with one attached hydrogen (secondary N) is 1. The topological polar surface area (TPSA) is 144 Å². The molecular formula is C27H45NO10. The van der Waals surface area contributed by atoms with Crippen LogP contribution < -0.4 is 5.32 Å². The number of amides is 1. The van der Waals surface area contributed by atoms with E-state index in [0.29, 0.717) is 12.8 Å². The largest absolute Gasteiger partial charge is 0.463 e. The molecular weight excluding hydrogens is 498 g/mol. The smallest absolute Gasteiger partial charge is 0.303 e. The van der Waals surface area contributed by atoms with E-state index in [9.17, 15) is 24.0 Å². The summed E-state index contributed by atoms with van der Waals surface area (Å²) in [7, 11) is 0. The van der Waals surface area contributed by atoms with Crippen LogP contribution in [-0.2, 0) is 47.7 Å². The van der Waals surface area contributed by atoms with Crippen LogP contribution in [0.3, 0.4) is 0 Å². The lowest BCUT2D eigenvalue weighted by atomic mass is 9.77. The SMILES string of the molecule is CCCC(C)(C)C(=O)C(C)CC(CC)O[C@@H]1O[C@H](COC(C)=O)[C@H](OC(C)=O)[C@H](OC(C)=O)[C@H]1NC(C)=O. The number of ketones is 1. The van der Waals surface area contributed by atoms with Gasteiger partial charge in [0.25, 0.3) is 0 Å². The molecule has 1 amide bonds. The second-order valence-electron chi connectivity index (χ2n) is 10.5. The van der Waals surface area contributed by atoms with E-state index in [1.807, 2.05) is 34.6 Å². The summed E-state index contributed by atoms with van der Waals surface area (Å²) in [5.41, 5.74) is -0.473. The van der Waals surface area contributed by atoms with Crippen LogP contribution >= 0.6 is 0 Å². The molecule has 38 heavy (non-hydrogen) atoms. The van der Waals surface area contributed by atoms with Gasteiger partial charge in [-0.05, 0) is 19.3 Å². The Kier molecular flexibility index (Phi) is 13.4. The quantitative estimate of drug-likeness (QED) is 0.256. The lowest BCUT2D eigenvalue weighted by Gasteiger charge is -2.45. The van der Waals surface area contributed by atoms with Crippen molar-refractivity contribution in [2.75, 3.05) is 6.61 Å². The molecule has 0 saturated carbocycles. The summed E-state index contributed by atoms with van der Waals surface area (Å²) in [5, 5.41) is 2.69. The highest BCUT2D eigenvalue weighted by atomic mass is 16.7. The molecule has 1 fully saturated rings. The normalized spacial score (nSPS) is 25.0. The first kappa shape index (κ1) is 33.5. The van der Waals surface area contributed by atoms with Gasteiger partial charge in [-0.3, -0.25) is 24.0 Å². The van der Waals surface area contributed by atoms with Gasteiger partial charge in [0, 0.05) is 39.0 Å². The maximum Gasteiger partial charge on any atom is 0.303 e. The summed E-state index contributed by atoms with van der Waals surface area (Å²) in [6.45, 7) is 14.2. The first-order valence-electron chi connectivity index (χ1n) is 13.2. The van der Waals surface area contributed by atoms with Crippen molar-refractivity contribution in [2.24, 2.45) is 11.3 Å². The maximum atomic E-state index is 13.1. The number of esters is 3. The molecule has 1 aliphatic rings. The number of hydrogen-bond donors (Lipinski definition) is 1. The van der Waals surface area contributed by atoms with E-state index in [-0.39, 0.29) is 18.3 Å². The molecule has 0 spiro atoms. The van der Waals surface area contributed by atoms with Gasteiger partial charge in [-0.2, -0.15) is 0 Å². The number of rotatable bonds is 14. The van der Waals surface area contributed by atoms with E-state index in [4.69, 9.17) is 23.7 Å². The van der Waals surface area contributed by atoms with Gasteiger partial charge in [-0.1, -0.05) is 41.0 Å². The summed E-state index contributed by atoms with van der Waals surface area (Å²) in [4.78, 5) is 60.7. The van der Waals surface area contributed by atoms with E-state index in [2.05, 4.69) is 5.32 Å². The molecule has 11 heteroatoms. The Labute approximate surface area is 225 Å². The average Bonchev–Trinajstić information content (AvgIpc) is 2.79. The first-order chi connectivity index (χ1) is 17.6. The second-order valence-corrected chi connectivity index (χ2v) is 10.5. The minimum absolute atomic E-state index is 0.129. The molecule has 1 N–H and O–H groups in total. The monoisotopic (exact) mass is 543 g/mol. The van der Waals surface area contributed by atoms with Gasteiger partial charge < -0.3 is 29.0 Å². The minimum atomic E-state index is -1.19. The fraction of sp³-hybridized carbons (Fsp3) is 0.815. The molecule has 1 rings (SSSR count). The molecule has 0 radical (unpaired) electrons. The standard InChI is InChI=1S/C27H45NO10/c1-10-12-27(8,9)25(33)15(3)13-20(11-2)37-26-22(28-16(4)29)24(36-19(7)32)23(35-18(6)31)21(38-26)14-34-17(5)30/h15,20-24,26H,10-14H2,1-9H3,(H,28,29)/t15?,20?,21-,22-,23+,24-,26-/m1/s1. The van der Waals surface area contributed by atoms with E-state index < -0.39 is 66.0 Å². The van der Waals surface area contributed by atoms with E-state index >= 15 is 0 Å². The Balaban J connectivity index is 3.33. The molecule has 1 heterocycles. The van der Waals surface area contributed by atoms with Crippen molar-refractivity contribution in [1.29, 1.82) is 0 Å². The number of carbonyl (C=O) groups is 5. The van der Waals surface area contributed by atoms with Crippen LogP contribution in [0, 0.1) is 11.3 Å². The van der Waals surface area contributed by atoms with E-state index in [1.165, 1.54) is 27.7 Å². The molecule has 0 aromatic carbocycles. The Bertz CT molecular complexity index is 842. The van der Waals surface area contributed by atoms with Crippen molar-refractivity contribution in [3.63, 3.8) is 0 Å². The highest BCUT2D eigenvalue weighted by Gasteiger charge is 2.52. The van der Waals surface area contributed by atoms with E-state index in [1.54, 1.807) is 0 Å². The predicted octanol–water partition coefficient (Wildman–Crippen LogP) is 2.86. The summed E-state index contributed by atoms with van der Waals surface area (Å²) >= 11 is 0. The zero-order valence-corrected chi connectivity index (χ0v) is 24.2. The minimum Gasteiger partial charge on any atom is -0.463 e. The van der Waals surface area contributed by atoms with Crippen molar-refractivity contribution >= 4 is 29.6 Å². The van der Waals surface area contributed by atoms with Crippen LogP contribution in [-0.4, -0.2) is 73.0 Å². The third kappa shape index (κ3) is 10.3. The van der Waals surface area contributed by atoms with Crippen molar-refractivity contribution < 1.29 is 47.7 Å². The lowest BCUT2D eigenvalue weighted by Crippen LogP contribution is -2.67. The highest BCUT2D eigenvalue weighted by molar-refractivity contribution is 5.86. The lowest BCUT2D eigenvalue weighted by molar-refractivity contribution is -0.288. The van der Waals surface area contributed by atoms with Gasteiger partial charge in [0.2, 0.25) is 5.91 Å². The highest BCUT2D eigenvalue weighted by Crippen LogP contribution is 2.32. The fourth-order valence-corrected chi connectivity index (χ4v) is 4.83. The first-order valence-corrected chi connectivity index (χ1v) is 13.2. The molecule has 7 atom stereocenters. The van der Waals surface area contributed by atoms with Crippen molar-refractivity contribution in [3.05, 3.63) is 0 Å². The van der Waals surface area contributed by atoms with Gasteiger partial charge in [0.15, 0.2) is 18.5 Å². The molecule has 218 valence electrons. The Morgan fingerprint density at radius 3 is 1.97 bits per heavy atom. The van der Waals surface area contributed by atoms with Crippen molar-refractivity contribution in [1.82, 2.24) is 5.32 Å². The van der Waals surface area contributed by atoms with Crippen LogP contribution in [0.5, 0.6) is 0 Å². The predicted molar refractivity (Wildman–Crippen MR) is 137 cm³/mol. The number of Topliss-reactive ketones (excluding diaryl/α,β-unsaturated/α-hetero) is 1. The fourth-order valence-electron chi connectivity index (χ4n) is 4.83. The third-order valence-corrected chi connectivity index (χ3v) is 6.46. The molecule has 0 aromatic heterocycles. The third-order valence-electron chi connectivity index (χ3n) is 6.46. The second kappa shape index (κ2) is 15.2. The summed E-state index contributed by atoms with van der Waals surface area (Å²) < 4.78 is 28.4. The van der Waals surface area contributed by atoms with Crippen molar-refractivity contribution in [3.8, 4) is 0 Å². The Hall–Kier alpha value is -2.53. The van der Waals surface area contributed by atoms with Crippen LogP contribution in [0.15, 0.2) is 0 Å². The van der Waals surface area contributed by atoms with Gasteiger partial charge in [-0.15, -0.1) is 0 Å². The average molecular weight is 544 g/mol. The number of hydrogen-bond acceptors (Lipinski definition) is 10. The van der Waals surface area contributed by atoms with Gasteiger partial charge in [0.1, 0.15) is 24.5 Å². The Morgan fingerprint density at radius 1 is 0.921 bits per heavy atom. The molecule has 1 aliphatic heterocycles. The maximum absolute atomic E-state index is 13.1. The molecule has 0 aromatic rings. The summed E-state index contributed by atoms with van der Waals surface area (Å²) in [6, 6.07) is -1.05. The number of ether oxygens (including phenoxy) is 5. The molecule has 0 bridgehead atoms. The molecule has 0 aliphatic carbocycles. The van der Waals surface area contributed by atoms with Crippen LogP contribution in [0.25, 0.3) is 0 Å². The van der Waals surface area contributed by atoms with E-state index in [0.717, 1.165) is 12.8 Å². The zero-order chi connectivity index (χ0) is 29.2. The Morgan fingerprint density at radius 2 is 1.50 bits per heavy atom. The zero-order valence-electron chi connectivity index (χ0n) is 24.2. The van der Waals surface area contributed by atoms with Crippen LogP contribution in [0.2, 0.25) is 0 Å². The van der Waals surface area contributed by atoms with Gasteiger partial charge in [0.05, 0.1) is 6.10 Å². The summed E-state index contributed by atoms with van der Waals surface area (Å²) in [6.07, 6.45) is -2.47. The van der Waals surface area contributed by atoms with Crippen molar-refractivity contribution in [2.45, 2.75) is 125 Å². The number of carbonyl (C=O) groups excluding carboxylic acids is 5. The molecule has 11 nitrogen and oxygen atoms in total. The molecule has 1 saturated heterocycles. The molecule has 2 unspecified atom stereocenters.